The number of allylic oxidation sites excluding steroid dienone is 1. The highest BCUT2D eigenvalue weighted by atomic mass is 35.5. The molecular weight excluding hydrogens is 413 g/mol. The van der Waals surface area contributed by atoms with Gasteiger partial charge in [0, 0.05) is 26.5 Å². The van der Waals surface area contributed by atoms with Gasteiger partial charge in [-0.3, -0.25) is 4.79 Å². The van der Waals surface area contributed by atoms with Crippen LogP contribution in [0.2, 0.25) is 15.1 Å². The number of anilines is 1. The van der Waals surface area contributed by atoms with E-state index in [1.54, 1.807) is 49.4 Å². The van der Waals surface area contributed by atoms with Crippen molar-refractivity contribution in [1.29, 1.82) is 0 Å². The molecule has 1 atom stereocenters. The van der Waals surface area contributed by atoms with Crippen molar-refractivity contribution < 1.29 is 4.79 Å². The van der Waals surface area contributed by atoms with E-state index in [1.165, 1.54) is 0 Å². The molecule has 0 spiro atoms. The second kappa shape index (κ2) is 7.84. The number of halogens is 3. The second-order valence-corrected chi connectivity index (χ2v) is 7.39. The molecule has 3 rings (SSSR count). The fourth-order valence-electron chi connectivity index (χ4n) is 2.70. The summed E-state index contributed by atoms with van der Waals surface area (Å²) >= 11 is 23.5. The summed E-state index contributed by atoms with van der Waals surface area (Å²) in [6, 6.07) is 11.5. The molecule has 0 saturated heterocycles. The van der Waals surface area contributed by atoms with E-state index in [9.17, 15) is 4.79 Å². The van der Waals surface area contributed by atoms with Crippen LogP contribution >= 0.6 is 47.0 Å². The van der Waals surface area contributed by atoms with E-state index in [1.807, 2.05) is 0 Å². The van der Waals surface area contributed by atoms with Crippen LogP contribution in [0.4, 0.5) is 5.69 Å². The number of amides is 1. The zero-order valence-corrected chi connectivity index (χ0v) is 16.7. The molecule has 3 N–H and O–H groups in total. The minimum atomic E-state index is -0.499. The lowest BCUT2D eigenvalue weighted by Crippen LogP contribution is -2.45. The highest BCUT2D eigenvalue weighted by molar-refractivity contribution is 7.80. The van der Waals surface area contributed by atoms with E-state index < -0.39 is 6.04 Å². The molecule has 1 heterocycles. The van der Waals surface area contributed by atoms with Gasteiger partial charge in [0.25, 0.3) is 5.91 Å². The SMILES string of the molecule is CC1=C(C(=O)Nc2ccc(Cl)cc2)[C@H](c2ccc(Cl)cc2Cl)NC(=S)N1. The molecule has 2 aromatic carbocycles. The minimum Gasteiger partial charge on any atom is -0.351 e. The molecule has 0 aromatic heterocycles. The molecule has 1 aliphatic rings. The number of thiocarbonyl (C=S) groups is 1. The number of carbonyl (C=O) groups excluding carboxylic acids is 1. The Hall–Kier alpha value is -1.79. The van der Waals surface area contributed by atoms with Crippen LogP contribution in [0.3, 0.4) is 0 Å². The number of rotatable bonds is 3. The van der Waals surface area contributed by atoms with Crippen LogP contribution in [0.25, 0.3) is 0 Å². The van der Waals surface area contributed by atoms with Crippen molar-refractivity contribution in [2.45, 2.75) is 13.0 Å². The number of nitrogens with one attached hydrogen (secondary N) is 3. The van der Waals surface area contributed by atoms with Crippen LogP contribution in [-0.2, 0) is 4.79 Å². The Balaban J connectivity index is 1.97. The van der Waals surface area contributed by atoms with Gasteiger partial charge in [0.05, 0.1) is 11.6 Å². The van der Waals surface area contributed by atoms with Gasteiger partial charge in [-0.1, -0.05) is 40.9 Å². The van der Waals surface area contributed by atoms with Crippen molar-refractivity contribution in [3.8, 4) is 0 Å². The molecule has 0 aliphatic carbocycles. The lowest BCUT2D eigenvalue weighted by Gasteiger charge is -2.31. The van der Waals surface area contributed by atoms with E-state index in [-0.39, 0.29) is 5.91 Å². The smallest absolute Gasteiger partial charge is 0.255 e. The zero-order chi connectivity index (χ0) is 18.8. The molecule has 1 amide bonds. The van der Waals surface area contributed by atoms with Crippen molar-refractivity contribution in [3.05, 3.63) is 74.4 Å². The van der Waals surface area contributed by atoms with Gasteiger partial charge in [-0.2, -0.15) is 0 Å². The quantitative estimate of drug-likeness (QED) is 0.599. The van der Waals surface area contributed by atoms with Gasteiger partial charge in [0.1, 0.15) is 0 Å². The Bertz CT molecular complexity index is 912. The average molecular weight is 427 g/mol. The van der Waals surface area contributed by atoms with Crippen molar-refractivity contribution in [3.63, 3.8) is 0 Å². The molecule has 0 bridgehead atoms. The summed E-state index contributed by atoms with van der Waals surface area (Å²) in [5.74, 6) is -0.275. The lowest BCUT2D eigenvalue weighted by molar-refractivity contribution is -0.113. The summed E-state index contributed by atoms with van der Waals surface area (Å²) in [4.78, 5) is 12.9. The van der Waals surface area contributed by atoms with Crippen molar-refractivity contribution in [2.24, 2.45) is 0 Å². The standard InChI is InChI=1S/C18H14Cl3N3OS/c1-9-15(17(25)23-12-5-2-10(19)3-6-12)16(24-18(26)22-9)13-7-4-11(20)8-14(13)21/h2-8,16H,1H3,(H,23,25)(H2,22,24,26)/t16-/m0/s1. The van der Waals surface area contributed by atoms with Gasteiger partial charge in [-0.15, -0.1) is 0 Å². The Morgan fingerprint density at radius 2 is 1.73 bits per heavy atom. The summed E-state index contributed by atoms with van der Waals surface area (Å²) in [5.41, 5.74) is 2.48. The lowest BCUT2D eigenvalue weighted by atomic mass is 9.95. The van der Waals surface area contributed by atoms with Gasteiger partial charge >= 0.3 is 0 Å². The van der Waals surface area contributed by atoms with Crippen molar-refractivity contribution in [2.75, 3.05) is 5.32 Å². The average Bonchev–Trinajstić information content (AvgIpc) is 2.56. The molecule has 8 heteroatoms. The molecule has 26 heavy (non-hydrogen) atoms. The normalized spacial score (nSPS) is 16.8. The third kappa shape index (κ3) is 4.13. The van der Waals surface area contributed by atoms with Gasteiger partial charge in [-0.05, 0) is 61.1 Å². The minimum absolute atomic E-state index is 0.275. The maximum Gasteiger partial charge on any atom is 0.255 e. The third-order valence-corrected chi connectivity index (χ3v) is 4.92. The van der Waals surface area contributed by atoms with E-state index in [4.69, 9.17) is 47.0 Å². The van der Waals surface area contributed by atoms with Crippen LogP contribution in [0, 0.1) is 0 Å². The van der Waals surface area contributed by atoms with Crippen LogP contribution in [0.5, 0.6) is 0 Å². The highest BCUT2D eigenvalue weighted by Crippen LogP contribution is 2.33. The predicted molar refractivity (Wildman–Crippen MR) is 111 cm³/mol. The summed E-state index contributed by atoms with van der Waals surface area (Å²) in [6.45, 7) is 1.79. The van der Waals surface area contributed by atoms with Crippen molar-refractivity contribution in [1.82, 2.24) is 10.6 Å². The Morgan fingerprint density at radius 1 is 1.08 bits per heavy atom. The first kappa shape index (κ1) is 19.0. The van der Waals surface area contributed by atoms with Gasteiger partial charge < -0.3 is 16.0 Å². The molecule has 2 aromatic rings. The van der Waals surface area contributed by atoms with Crippen molar-refractivity contribution >= 4 is 63.7 Å². The Labute approximate surface area is 171 Å². The molecule has 1 aliphatic heterocycles. The van der Waals surface area contributed by atoms with Crippen LogP contribution in [-0.4, -0.2) is 11.0 Å². The van der Waals surface area contributed by atoms with E-state index in [0.29, 0.717) is 42.7 Å². The monoisotopic (exact) mass is 425 g/mol. The van der Waals surface area contributed by atoms with E-state index in [2.05, 4.69) is 16.0 Å². The largest absolute Gasteiger partial charge is 0.351 e. The molecule has 134 valence electrons. The molecule has 0 unspecified atom stereocenters. The van der Waals surface area contributed by atoms with E-state index in [0.717, 1.165) is 0 Å². The first-order valence-electron chi connectivity index (χ1n) is 7.65. The van der Waals surface area contributed by atoms with Gasteiger partial charge in [-0.25, -0.2) is 0 Å². The molecular formula is C18H14Cl3N3OS. The topological polar surface area (TPSA) is 53.2 Å². The predicted octanol–water partition coefficient (Wildman–Crippen LogP) is 5.08. The summed E-state index contributed by atoms with van der Waals surface area (Å²) in [6.07, 6.45) is 0. The fourth-order valence-corrected chi connectivity index (χ4v) is 3.61. The van der Waals surface area contributed by atoms with Crippen LogP contribution in [0.1, 0.15) is 18.5 Å². The molecule has 0 radical (unpaired) electrons. The third-order valence-electron chi connectivity index (χ3n) is 3.89. The zero-order valence-electron chi connectivity index (χ0n) is 13.6. The molecule has 0 fully saturated rings. The molecule has 0 saturated carbocycles. The van der Waals surface area contributed by atoms with Gasteiger partial charge in [0.2, 0.25) is 0 Å². The summed E-state index contributed by atoms with van der Waals surface area (Å²) in [7, 11) is 0. The molecule has 4 nitrogen and oxygen atoms in total. The van der Waals surface area contributed by atoms with E-state index >= 15 is 0 Å². The highest BCUT2D eigenvalue weighted by Gasteiger charge is 2.31. The van der Waals surface area contributed by atoms with Gasteiger partial charge in [0.15, 0.2) is 5.11 Å². The second-order valence-electron chi connectivity index (χ2n) is 5.70. The van der Waals surface area contributed by atoms with Crippen LogP contribution < -0.4 is 16.0 Å². The number of carbonyl (C=O) groups is 1. The summed E-state index contributed by atoms with van der Waals surface area (Å²) < 4.78 is 0. The first-order chi connectivity index (χ1) is 12.3. The Morgan fingerprint density at radius 3 is 2.38 bits per heavy atom. The Kier molecular flexibility index (Phi) is 5.73. The number of benzene rings is 2. The number of hydrogen-bond acceptors (Lipinski definition) is 2. The maximum atomic E-state index is 12.9. The fraction of sp³-hybridized carbons (Fsp3) is 0.111. The maximum absolute atomic E-state index is 12.9. The van der Waals surface area contributed by atoms with Crippen LogP contribution in [0.15, 0.2) is 53.7 Å². The summed E-state index contributed by atoms with van der Waals surface area (Å²) in [5, 5.41) is 10.9. The first-order valence-corrected chi connectivity index (χ1v) is 9.19. The number of hydrogen-bond donors (Lipinski definition) is 3.